The van der Waals surface area contributed by atoms with Crippen LogP contribution in [0.5, 0.6) is 0 Å². The van der Waals surface area contributed by atoms with Crippen molar-refractivity contribution < 1.29 is 0 Å². The van der Waals surface area contributed by atoms with Gasteiger partial charge in [0.15, 0.2) is 5.17 Å². The van der Waals surface area contributed by atoms with Crippen molar-refractivity contribution in [1.29, 1.82) is 0 Å². The van der Waals surface area contributed by atoms with Gasteiger partial charge in [-0.3, -0.25) is 9.98 Å². The van der Waals surface area contributed by atoms with E-state index in [9.17, 15) is 0 Å². The lowest BCUT2D eigenvalue weighted by Crippen LogP contribution is -2.18. The SMILES string of the molecule is CC1CN=C(Nc2cccnc2)SC1. The van der Waals surface area contributed by atoms with Crippen molar-refractivity contribution in [3.05, 3.63) is 24.5 Å². The first kappa shape index (κ1) is 9.52. The van der Waals surface area contributed by atoms with Crippen LogP contribution in [0.4, 0.5) is 5.69 Å². The second-order valence-electron chi connectivity index (χ2n) is 3.43. The summed E-state index contributed by atoms with van der Waals surface area (Å²) < 4.78 is 0. The number of anilines is 1. The molecule has 0 spiro atoms. The highest BCUT2D eigenvalue weighted by molar-refractivity contribution is 8.14. The van der Waals surface area contributed by atoms with Gasteiger partial charge in [-0.2, -0.15) is 0 Å². The number of pyridine rings is 1. The zero-order chi connectivity index (χ0) is 9.80. The highest BCUT2D eigenvalue weighted by atomic mass is 32.2. The fourth-order valence-electron chi connectivity index (χ4n) is 1.19. The van der Waals surface area contributed by atoms with Gasteiger partial charge in [0, 0.05) is 18.5 Å². The third-order valence-corrected chi connectivity index (χ3v) is 3.20. The van der Waals surface area contributed by atoms with Crippen LogP contribution in [-0.2, 0) is 0 Å². The number of hydrogen-bond donors (Lipinski definition) is 1. The molecule has 1 aliphatic rings. The number of rotatable bonds is 1. The molecule has 0 aromatic carbocycles. The molecule has 0 bridgehead atoms. The minimum atomic E-state index is 0.694. The molecule has 0 saturated carbocycles. The molecular formula is C10H13N3S. The predicted molar refractivity (Wildman–Crippen MR) is 61.8 cm³/mol. The van der Waals surface area contributed by atoms with Crippen molar-refractivity contribution in [1.82, 2.24) is 4.98 Å². The topological polar surface area (TPSA) is 37.3 Å². The van der Waals surface area contributed by atoms with Crippen LogP contribution in [0.1, 0.15) is 6.92 Å². The number of aromatic nitrogens is 1. The maximum Gasteiger partial charge on any atom is 0.161 e. The van der Waals surface area contributed by atoms with Crippen LogP contribution in [0.3, 0.4) is 0 Å². The number of aliphatic imine (C=N–C) groups is 1. The molecule has 0 amide bonds. The van der Waals surface area contributed by atoms with Crippen LogP contribution < -0.4 is 5.32 Å². The molecule has 3 nitrogen and oxygen atoms in total. The van der Waals surface area contributed by atoms with Crippen LogP contribution in [0, 0.1) is 5.92 Å². The van der Waals surface area contributed by atoms with E-state index >= 15 is 0 Å². The number of thioether (sulfide) groups is 1. The molecular weight excluding hydrogens is 194 g/mol. The first-order valence-electron chi connectivity index (χ1n) is 4.69. The normalized spacial score (nSPS) is 21.5. The summed E-state index contributed by atoms with van der Waals surface area (Å²) in [6.45, 7) is 3.15. The molecule has 1 aromatic rings. The molecule has 74 valence electrons. The zero-order valence-electron chi connectivity index (χ0n) is 8.10. The van der Waals surface area contributed by atoms with Crippen molar-refractivity contribution in [2.75, 3.05) is 17.6 Å². The van der Waals surface area contributed by atoms with E-state index in [4.69, 9.17) is 0 Å². The predicted octanol–water partition coefficient (Wildman–Crippen LogP) is 2.23. The van der Waals surface area contributed by atoms with Crippen LogP contribution in [0.15, 0.2) is 29.5 Å². The molecule has 0 radical (unpaired) electrons. The lowest BCUT2D eigenvalue weighted by atomic mass is 10.2. The van der Waals surface area contributed by atoms with Gasteiger partial charge in [0.25, 0.3) is 0 Å². The fourth-order valence-corrected chi connectivity index (χ4v) is 2.10. The monoisotopic (exact) mass is 207 g/mol. The average molecular weight is 207 g/mol. The summed E-state index contributed by atoms with van der Waals surface area (Å²) in [6, 6.07) is 3.91. The van der Waals surface area contributed by atoms with Crippen molar-refractivity contribution in [2.24, 2.45) is 10.9 Å². The van der Waals surface area contributed by atoms with Crippen molar-refractivity contribution >= 4 is 22.6 Å². The van der Waals surface area contributed by atoms with Gasteiger partial charge in [-0.25, -0.2) is 0 Å². The molecule has 1 atom stereocenters. The van der Waals surface area contributed by atoms with Crippen molar-refractivity contribution in [2.45, 2.75) is 6.92 Å². The molecule has 1 N–H and O–H groups in total. The van der Waals surface area contributed by atoms with E-state index in [1.54, 1.807) is 24.2 Å². The second-order valence-corrected chi connectivity index (χ2v) is 4.44. The Morgan fingerprint density at radius 2 is 2.50 bits per heavy atom. The van der Waals surface area contributed by atoms with Gasteiger partial charge < -0.3 is 5.32 Å². The lowest BCUT2D eigenvalue weighted by molar-refractivity contribution is 0.674. The fraction of sp³-hybridized carbons (Fsp3) is 0.400. The van der Waals surface area contributed by atoms with Gasteiger partial charge in [0.2, 0.25) is 0 Å². The summed E-state index contributed by atoms with van der Waals surface area (Å²) in [5.74, 6) is 1.84. The molecule has 1 aliphatic heterocycles. The van der Waals surface area contributed by atoms with E-state index in [-0.39, 0.29) is 0 Å². The quantitative estimate of drug-likeness (QED) is 0.767. The van der Waals surface area contributed by atoms with E-state index in [1.807, 2.05) is 12.1 Å². The Balaban J connectivity index is 1.99. The van der Waals surface area contributed by atoms with Gasteiger partial charge in [-0.1, -0.05) is 18.7 Å². The smallest absolute Gasteiger partial charge is 0.161 e. The largest absolute Gasteiger partial charge is 0.334 e. The number of nitrogens with zero attached hydrogens (tertiary/aromatic N) is 2. The maximum atomic E-state index is 4.45. The Hall–Kier alpha value is -1.03. The van der Waals surface area contributed by atoms with E-state index in [1.165, 1.54) is 0 Å². The average Bonchev–Trinajstić information content (AvgIpc) is 2.23. The van der Waals surface area contributed by atoms with Gasteiger partial charge in [-0.05, 0) is 18.1 Å². The maximum absolute atomic E-state index is 4.45. The summed E-state index contributed by atoms with van der Waals surface area (Å²) in [6.07, 6.45) is 3.57. The van der Waals surface area contributed by atoms with Gasteiger partial charge in [0.1, 0.15) is 0 Å². The van der Waals surface area contributed by atoms with Crippen LogP contribution in [0.2, 0.25) is 0 Å². The second kappa shape index (κ2) is 4.46. The molecule has 1 aromatic heterocycles. The Morgan fingerprint density at radius 1 is 1.57 bits per heavy atom. The summed E-state index contributed by atoms with van der Waals surface area (Å²) in [7, 11) is 0. The Morgan fingerprint density at radius 3 is 3.14 bits per heavy atom. The first-order chi connectivity index (χ1) is 6.84. The van der Waals surface area contributed by atoms with E-state index in [0.29, 0.717) is 5.92 Å². The summed E-state index contributed by atoms with van der Waals surface area (Å²) in [5.41, 5.74) is 1.01. The van der Waals surface area contributed by atoms with Crippen LogP contribution in [-0.4, -0.2) is 22.4 Å². The highest BCUT2D eigenvalue weighted by Gasteiger charge is 2.11. The Kier molecular flexibility index (Phi) is 3.03. The first-order valence-corrected chi connectivity index (χ1v) is 5.67. The third kappa shape index (κ3) is 2.48. The summed E-state index contributed by atoms with van der Waals surface area (Å²) in [5, 5.41) is 4.26. The highest BCUT2D eigenvalue weighted by Crippen LogP contribution is 2.18. The number of amidine groups is 1. The molecule has 4 heteroatoms. The molecule has 0 saturated heterocycles. The van der Waals surface area contributed by atoms with Crippen molar-refractivity contribution in [3.63, 3.8) is 0 Å². The zero-order valence-corrected chi connectivity index (χ0v) is 8.92. The minimum absolute atomic E-state index is 0.694. The van der Waals surface area contributed by atoms with E-state index < -0.39 is 0 Å². The van der Waals surface area contributed by atoms with Gasteiger partial charge in [0.05, 0.1) is 11.9 Å². The molecule has 2 heterocycles. The third-order valence-electron chi connectivity index (χ3n) is 1.96. The summed E-state index contributed by atoms with van der Waals surface area (Å²) in [4.78, 5) is 8.48. The summed E-state index contributed by atoms with van der Waals surface area (Å²) >= 11 is 1.78. The van der Waals surface area contributed by atoms with Gasteiger partial charge in [-0.15, -0.1) is 0 Å². The molecule has 0 aliphatic carbocycles. The minimum Gasteiger partial charge on any atom is -0.334 e. The van der Waals surface area contributed by atoms with Crippen molar-refractivity contribution in [3.8, 4) is 0 Å². The number of nitrogens with one attached hydrogen (secondary N) is 1. The standard InChI is InChI=1S/C10H13N3S/c1-8-5-12-10(14-7-8)13-9-3-2-4-11-6-9/h2-4,6,8H,5,7H2,1H3,(H,12,13). The molecule has 14 heavy (non-hydrogen) atoms. The Labute approximate surface area is 88.0 Å². The van der Waals surface area contributed by atoms with Gasteiger partial charge >= 0.3 is 0 Å². The van der Waals surface area contributed by atoms with Crippen LogP contribution >= 0.6 is 11.8 Å². The molecule has 2 rings (SSSR count). The Bertz CT molecular complexity index is 323. The van der Waals surface area contributed by atoms with E-state index in [0.717, 1.165) is 23.2 Å². The molecule has 1 unspecified atom stereocenters. The molecule has 0 fully saturated rings. The number of hydrogen-bond acceptors (Lipinski definition) is 4. The van der Waals surface area contributed by atoms with Crippen LogP contribution in [0.25, 0.3) is 0 Å². The lowest BCUT2D eigenvalue weighted by Gasteiger charge is -2.17. The van der Waals surface area contributed by atoms with E-state index in [2.05, 4.69) is 22.2 Å².